The number of nitrogens with zero attached hydrogens (tertiary/aromatic N) is 1. The monoisotopic (exact) mass is 351 g/mol. The molecule has 2 amide bonds. The van der Waals surface area contributed by atoms with Crippen LogP contribution < -0.4 is 10.6 Å². The van der Waals surface area contributed by atoms with Crippen LogP contribution in [0.1, 0.15) is 17.5 Å². The zero-order valence-electron chi connectivity index (χ0n) is 13.9. The Labute approximate surface area is 151 Å². The Balaban J connectivity index is 1.39. The first-order valence-electron chi connectivity index (χ1n) is 8.33. The molecule has 0 atom stereocenters. The molecule has 5 heteroatoms. The van der Waals surface area contributed by atoms with Crippen molar-refractivity contribution < 1.29 is 4.79 Å². The van der Waals surface area contributed by atoms with Crippen LogP contribution in [0.4, 0.5) is 4.79 Å². The van der Waals surface area contributed by atoms with Gasteiger partial charge in [-0.2, -0.15) is 11.3 Å². The predicted molar refractivity (Wildman–Crippen MR) is 103 cm³/mol. The average molecular weight is 351 g/mol. The molecular weight excluding hydrogens is 330 g/mol. The Kier molecular flexibility index (Phi) is 6.17. The molecule has 128 valence electrons. The molecule has 0 unspecified atom stereocenters. The summed E-state index contributed by atoms with van der Waals surface area (Å²) in [5.41, 5.74) is 4.51. The molecule has 0 aliphatic carbocycles. The number of carbonyl (C=O) groups is 1. The topological polar surface area (TPSA) is 54.0 Å². The second-order valence-corrected chi connectivity index (χ2v) is 6.57. The lowest BCUT2D eigenvalue weighted by Gasteiger charge is -2.08. The molecule has 1 aromatic carbocycles. The highest BCUT2D eigenvalue weighted by Crippen LogP contribution is 2.21. The number of benzene rings is 1. The molecule has 0 saturated heterocycles. The summed E-state index contributed by atoms with van der Waals surface area (Å²) in [6, 6.07) is 14.3. The summed E-state index contributed by atoms with van der Waals surface area (Å²) in [4.78, 5) is 16.2. The molecule has 4 nitrogen and oxygen atoms in total. The van der Waals surface area contributed by atoms with E-state index in [1.807, 2.05) is 29.8 Å². The molecule has 2 N–H and O–H groups in total. The number of urea groups is 1. The number of thiophene rings is 1. The van der Waals surface area contributed by atoms with Crippen molar-refractivity contribution in [3.05, 3.63) is 76.7 Å². The van der Waals surface area contributed by atoms with Crippen LogP contribution in [0, 0.1) is 0 Å². The van der Waals surface area contributed by atoms with E-state index in [0.717, 1.165) is 29.5 Å². The molecule has 2 aromatic heterocycles. The summed E-state index contributed by atoms with van der Waals surface area (Å²) in [5, 5.41) is 9.91. The summed E-state index contributed by atoms with van der Waals surface area (Å²) in [6.07, 6.45) is 5.51. The van der Waals surface area contributed by atoms with Crippen molar-refractivity contribution in [2.45, 2.75) is 19.4 Å². The molecule has 0 fully saturated rings. The van der Waals surface area contributed by atoms with Gasteiger partial charge in [0.15, 0.2) is 0 Å². The van der Waals surface area contributed by atoms with Gasteiger partial charge in [0.25, 0.3) is 0 Å². The Morgan fingerprint density at radius 3 is 2.68 bits per heavy atom. The van der Waals surface area contributed by atoms with E-state index in [4.69, 9.17) is 0 Å². The standard InChI is InChI=1S/C20H21N3OS/c24-20(22-9-4-7-16-5-2-1-3-6-16)23-13-17-11-19(14-21-12-17)18-8-10-25-15-18/h1-3,5-6,8,10-12,14-15H,4,7,9,13H2,(H2,22,23,24). The second-order valence-electron chi connectivity index (χ2n) is 5.79. The number of hydrogen-bond donors (Lipinski definition) is 2. The molecule has 0 radical (unpaired) electrons. The van der Waals surface area contributed by atoms with Crippen molar-refractivity contribution in [2.24, 2.45) is 0 Å². The van der Waals surface area contributed by atoms with Crippen molar-refractivity contribution >= 4 is 17.4 Å². The molecule has 3 rings (SSSR count). The van der Waals surface area contributed by atoms with Crippen LogP contribution >= 0.6 is 11.3 Å². The number of nitrogens with one attached hydrogen (secondary N) is 2. The van der Waals surface area contributed by atoms with E-state index >= 15 is 0 Å². The van der Waals surface area contributed by atoms with Crippen LogP contribution in [0.25, 0.3) is 11.1 Å². The first-order valence-corrected chi connectivity index (χ1v) is 9.28. The first kappa shape index (κ1) is 17.2. The van der Waals surface area contributed by atoms with Crippen LogP contribution in [0.5, 0.6) is 0 Å². The minimum Gasteiger partial charge on any atom is -0.338 e. The van der Waals surface area contributed by atoms with E-state index in [0.29, 0.717) is 13.1 Å². The Morgan fingerprint density at radius 1 is 1.00 bits per heavy atom. The van der Waals surface area contributed by atoms with E-state index in [2.05, 4.69) is 45.3 Å². The minimum absolute atomic E-state index is 0.144. The lowest BCUT2D eigenvalue weighted by Crippen LogP contribution is -2.35. The van der Waals surface area contributed by atoms with Crippen LogP contribution in [0.15, 0.2) is 65.6 Å². The average Bonchev–Trinajstić information content (AvgIpc) is 3.19. The highest BCUT2D eigenvalue weighted by atomic mass is 32.1. The third-order valence-corrected chi connectivity index (χ3v) is 4.56. The van der Waals surface area contributed by atoms with Crippen molar-refractivity contribution in [3.8, 4) is 11.1 Å². The highest BCUT2D eigenvalue weighted by Gasteiger charge is 2.03. The largest absolute Gasteiger partial charge is 0.338 e. The van der Waals surface area contributed by atoms with Gasteiger partial charge in [-0.25, -0.2) is 4.79 Å². The first-order chi connectivity index (χ1) is 12.3. The van der Waals surface area contributed by atoms with Crippen LogP contribution in [-0.4, -0.2) is 17.6 Å². The molecule has 0 aliphatic rings. The van der Waals surface area contributed by atoms with Gasteiger partial charge in [-0.3, -0.25) is 4.98 Å². The van der Waals surface area contributed by atoms with Crippen LogP contribution in [0.2, 0.25) is 0 Å². The third-order valence-electron chi connectivity index (χ3n) is 3.87. The van der Waals surface area contributed by atoms with Gasteiger partial charge in [-0.1, -0.05) is 30.3 Å². The Morgan fingerprint density at radius 2 is 1.88 bits per heavy atom. The molecule has 0 aliphatic heterocycles. The number of carbonyl (C=O) groups excluding carboxylic acids is 1. The van der Waals surface area contributed by atoms with Crippen LogP contribution in [0.3, 0.4) is 0 Å². The van der Waals surface area contributed by atoms with E-state index in [-0.39, 0.29) is 6.03 Å². The summed E-state index contributed by atoms with van der Waals surface area (Å²) in [5.74, 6) is 0. The van der Waals surface area contributed by atoms with Crippen molar-refractivity contribution in [1.82, 2.24) is 15.6 Å². The number of hydrogen-bond acceptors (Lipinski definition) is 3. The molecule has 0 bridgehead atoms. The van der Waals surface area contributed by atoms with Crippen molar-refractivity contribution in [3.63, 3.8) is 0 Å². The maximum absolute atomic E-state index is 11.9. The molecule has 3 aromatic rings. The molecule has 0 spiro atoms. The Hall–Kier alpha value is -2.66. The van der Waals surface area contributed by atoms with E-state index in [1.54, 1.807) is 17.5 Å². The van der Waals surface area contributed by atoms with Gasteiger partial charge in [0.05, 0.1) is 0 Å². The second kappa shape index (κ2) is 8.99. The number of pyridine rings is 1. The summed E-state index contributed by atoms with van der Waals surface area (Å²) in [6.45, 7) is 1.13. The zero-order chi connectivity index (χ0) is 17.3. The van der Waals surface area contributed by atoms with Gasteiger partial charge >= 0.3 is 6.03 Å². The SMILES string of the molecule is O=C(NCCCc1ccccc1)NCc1cncc(-c2ccsc2)c1. The fraction of sp³-hybridized carbons (Fsp3) is 0.200. The molecule has 2 heterocycles. The summed E-state index contributed by atoms with van der Waals surface area (Å²) in [7, 11) is 0. The molecule has 0 saturated carbocycles. The lowest BCUT2D eigenvalue weighted by atomic mass is 10.1. The van der Waals surface area contributed by atoms with E-state index < -0.39 is 0 Å². The van der Waals surface area contributed by atoms with Crippen molar-refractivity contribution in [2.75, 3.05) is 6.54 Å². The fourth-order valence-corrected chi connectivity index (χ4v) is 3.22. The lowest BCUT2D eigenvalue weighted by molar-refractivity contribution is 0.240. The van der Waals surface area contributed by atoms with E-state index in [1.165, 1.54) is 5.56 Å². The van der Waals surface area contributed by atoms with Gasteiger partial charge in [-0.15, -0.1) is 0 Å². The zero-order valence-corrected chi connectivity index (χ0v) is 14.8. The maximum atomic E-state index is 11.9. The van der Waals surface area contributed by atoms with Crippen LogP contribution in [-0.2, 0) is 13.0 Å². The van der Waals surface area contributed by atoms with E-state index in [9.17, 15) is 4.79 Å². The summed E-state index contributed by atoms with van der Waals surface area (Å²) < 4.78 is 0. The maximum Gasteiger partial charge on any atom is 0.315 e. The fourth-order valence-electron chi connectivity index (χ4n) is 2.55. The molecule has 25 heavy (non-hydrogen) atoms. The normalized spacial score (nSPS) is 10.4. The highest BCUT2D eigenvalue weighted by molar-refractivity contribution is 7.08. The van der Waals surface area contributed by atoms with Gasteiger partial charge in [0.2, 0.25) is 0 Å². The number of aromatic nitrogens is 1. The number of amides is 2. The summed E-state index contributed by atoms with van der Waals surface area (Å²) >= 11 is 1.66. The number of aryl methyl sites for hydroxylation is 1. The third kappa shape index (κ3) is 5.43. The quantitative estimate of drug-likeness (QED) is 0.626. The van der Waals surface area contributed by atoms with Gasteiger partial charge < -0.3 is 10.6 Å². The van der Waals surface area contributed by atoms with Gasteiger partial charge in [-0.05, 0) is 52.4 Å². The Bertz CT molecular complexity index is 788. The van der Waals surface area contributed by atoms with Crippen molar-refractivity contribution in [1.29, 1.82) is 0 Å². The van der Waals surface area contributed by atoms with Gasteiger partial charge in [0, 0.05) is 31.0 Å². The minimum atomic E-state index is -0.144. The smallest absolute Gasteiger partial charge is 0.315 e. The molecular formula is C20H21N3OS. The predicted octanol–water partition coefficient (Wildman–Crippen LogP) is 4.24. The number of rotatable bonds is 7. The van der Waals surface area contributed by atoms with Gasteiger partial charge in [0.1, 0.15) is 0 Å².